The molecule has 1 aliphatic heterocycles. The smallest absolute Gasteiger partial charge is 0.237 e. The molecule has 1 saturated heterocycles. The second kappa shape index (κ2) is 12.3. The summed E-state index contributed by atoms with van der Waals surface area (Å²) < 4.78 is 9.54. The fraction of sp³-hybridized carbons (Fsp3) is 0.296. The standard InChI is InChI=1S/C27H32ClN7OS/c1-4-20-25(21-9-6-5-8-18(21)2)31-27(33-37-19(16-29)17-30)32-26(20)36-23-11-7-10-22(24(23)28)35-14-12-34(3)13-15-35/h5-11,16-17,29H,4,12-15,30H2,1-3H3,(H,31,32,33)/b19-17+,29-16?. The monoisotopic (exact) mass is 537 g/mol. The number of nitrogens with zero attached hydrogens (tertiary/aromatic N) is 4. The van der Waals surface area contributed by atoms with Crippen molar-refractivity contribution in [1.82, 2.24) is 14.9 Å². The number of nitrogens with one attached hydrogen (secondary N) is 2. The normalized spacial score (nSPS) is 14.5. The van der Waals surface area contributed by atoms with Gasteiger partial charge in [0, 0.05) is 49.7 Å². The van der Waals surface area contributed by atoms with E-state index in [0.717, 1.165) is 66.2 Å². The van der Waals surface area contributed by atoms with Gasteiger partial charge in [0.25, 0.3) is 0 Å². The van der Waals surface area contributed by atoms with Gasteiger partial charge < -0.3 is 25.7 Å². The zero-order chi connectivity index (χ0) is 26.4. The van der Waals surface area contributed by atoms with E-state index in [0.29, 0.717) is 33.9 Å². The molecule has 2 heterocycles. The van der Waals surface area contributed by atoms with Gasteiger partial charge in [-0.25, -0.2) is 4.98 Å². The molecule has 4 rings (SSSR count). The lowest BCUT2D eigenvalue weighted by Gasteiger charge is -2.34. The van der Waals surface area contributed by atoms with E-state index in [4.69, 9.17) is 37.4 Å². The molecular formula is C27H32ClN7OS. The van der Waals surface area contributed by atoms with Crippen molar-refractivity contribution in [2.75, 3.05) is 42.8 Å². The molecule has 194 valence electrons. The Balaban J connectivity index is 1.76. The van der Waals surface area contributed by atoms with Gasteiger partial charge in [-0.05, 0) is 50.0 Å². The number of aryl methyl sites for hydroxylation is 1. The van der Waals surface area contributed by atoms with Crippen LogP contribution >= 0.6 is 23.5 Å². The number of ether oxygens (including phenoxy) is 1. The molecule has 3 aromatic rings. The van der Waals surface area contributed by atoms with Crippen LogP contribution in [0.4, 0.5) is 11.6 Å². The molecule has 0 aliphatic carbocycles. The average molecular weight is 538 g/mol. The molecule has 8 nitrogen and oxygen atoms in total. The van der Waals surface area contributed by atoms with Crippen molar-refractivity contribution in [1.29, 1.82) is 5.41 Å². The summed E-state index contributed by atoms with van der Waals surface area (Å²) in [6, 6.07) is 13.9. The number of aromatic nitrogens is 2. The van der Waals surface area contributed by atoms with Crippen molar-refractivity contribution in [3.63, 3.8) is 0 Å². The Kier molecular flexibility index (Phi) is 8.91. The topological polar surface area (TPSA) is 103 Å². The summed E-state index contributed by atoms with van der Waals surface area (Å²) in [6.45, 7) is 7.88. The molecule has 0 spiro atoms. The Morgan fingerprint density at radius 3 is 2.59 bits per heavy atom. The molecule has 0 atom stereocenters. The first-order valence-corrected chi connectivity index (χ1v) is 13.4. The maximum Gasteiger partial charge on any atom is 0.237 e. The highest BCUT2D eigenvalue weighted by atomic mass is 35.5. The summed E-state index contributed by atoms with van der Waals surface area (Å²) in [5.74, 6) is 1.33. The lowest BCUT2D eigenvalue weighted by molar-refractivity contribution is 0.313. The molecule has 0 bridgehead atoms. The maximum atomic E-state index is 7.50. The molecule has 0 radical (unpaired) electrons. The fourth-order valence-electron chi connectivity index (χ4n) is 4.16. The SMILES string of the molecule is CCc1c(Oc2cccc(N3CCN(C)CC3)c2Cl)nc(NS/C(C=N)=C/N)nc1-c1ccccc1C. The molecule has 0 saturated carbocycles. The summed E-state index contributed by atoms with van der Waals surface area (Å²) in [5.41, 5.74) is 10.3. The number of benzene rings is 2. The minimum absolute atomic E-state index is 0.350. The van der Waals surface area contributed by atoms with Gasteiger partial charge in [0.1, 0.15) is 10.8 Å². The number of halogens is 1. The van der Waals surface area contributed by atoms with E-state index in [1.807, 2.05) is 36.4 Å². The quantitative estimate of drug-likeness (QED) is 0.235. The van der Waals surface area contributed by atoms with Gasteiger partial charge in [0.05, 0.1) is 16.3 Å². The minimum Gasteiger partial charge on any atom is -0.437 e. The van der Waals surface area contributed by atoms with E-state index in [2.05, 4.69) is 41.5 Å². The molecule has 4 N–H and O–H groups in total. The summed E-state index contributed by atoms with van der Waals surface area (Å²) in [5, 5.41) is 8.06. The first-order valence-electron chi connectivity index (χ1n) is 12.2. The minimum atomic E-state index is 0.350. The lowest BCUT2D eigenvalue weighted by Crippen LogP contribution is -2.44. The highest BCUT2D eigenvalue weighted by Crippen LogP contribution is 2.40. The third kappa shape index (κ3) is 6.18. The third-order valence-corrected chi connectivity index (χ3v) is 7.44. The molecule has 37 heavy (non-hydrogen) atoms. The maximum absolute atomic E-state index is 7.50. The number of rotatable bonds is 9. The molecule has 2 aromatic carbocycles. The second-order valence-corrected chi connectivity index (χ2v) is 10.0. The zero-order valence-electron chi connectivity index (χ0n) is 21.3. The number of anilines is 2. The molecule has 1 aliphatic rings. The molecule has 1 aromatic heterocycles. The largest absolute Gasteiger partial charge is 0.437 e. The van der Waals surface area contributed by atoms with Crippen LogP contribution in [0.15, 0.2) is 53.6 Å². The van der Waals surface area contributed by atoms with Crippen molar-refractivity contribution in [2.45, 2.75) is 20.3 Å². The van der Waals surface area contributed by atoms with E-state index in [1.54, 1.807) is 0 Å². The summed E-state index contributed by atoms with van der Waals surface area (Å²) >= 11 is 8.06. The van der Waals surface area contributed by atoms with Crippen LogP contribution in [0.2, 0.25) is 5.02 Å². The second-order valence-electron chi connectivity index (χ2n) is 8.75. The average Bonchev–Trinajstić information content (AvgIpc) is 2.91. The van der Waals surface area contributed by atoms with E-state index >= 15 is 0 Å². The van der Waals surface area contributed by atoms with Gasteiger partial charge in [0.15, 0.2) is 0 Å². The van der Waals surface area contributed by atoms with Crippen LogP contribution < -0.4 is 20.1 Å². The van der Waals surface area contributed by atoms with Crippen LogP contribution in [-0.2, 0) is 6.42 Å². The van der Waals surface area contributed by atoms with Crippen molar-refractivity contribution in [3.05, 3.63) is 69.7 Å². The van der Waals surface area contributed by atoms with Crippen molar-refractivity contribution < 1.29 is 4.74 Å². The van der Waals surface area contributed by atoms with Crippen molar-refractivity contribution >= 4 is 41.4 Å². The molecule has 0 unspecified atom stereocenters. The van der Waals surface area contributed by atoms with Crippen LogP contribution in [0, 0.1) is 12.3 Å². The first-order chi connectivity index (χ1) is 17.9. The summed E-state index contributed by atoms with van der Waals surface area (Å²) in [4.78, 5) is 14.7. The third-order valence-electron chi connectivity index (χ3n) is 6.28. The first kappa shape index (κ1) is 26.8. The zero-order valence-corrected chi connectivity index (χ0v) is 22.9. The van der Waals surface area contributed by atoms with Gasteiger partial charge in [-0.3, -0.25) is 4.72 Å². The Morgan fingerprint density at radius 2 is 1.92 bits per heavy atom. The number of hydrogen-bond donors (Lipinski definition) is 3. The van der Waals surface area contributed by atoms with Gasteiger partial charge in [-0.1, -0.05) is 48.9 Å². The number of piperazine rings is 1. The van der Waals surface area contributed by atoms with Crippen LogP contribution in [0.3, 0.4) is 0 Å². The molecule has 0 amide bonds. The van der Waals surface area contributed by atoms with E-state index in [9.17, 15) is 0 Å². The van der Waals surface area contributed by atoms with E-state index in [1.165, 1.54) is 12.4 Å². The van der Waals surface area contributed by atoms with E-state index < -0.39 is 0 Å². The molecule has 10 heteroatoms. The van der Waals surface area contributed by atoms with Crippen LogP contribution in [-0.4, -0.2) is 54.3 Å². The number of likely N-dealkylation sites (N-methyl/N-ethyl adjacent to an activating group) is 1. The van der Waals surface area contributed by atoms with Gasteiger partial charge in [-0.15, -0.1) is 0 Å². The van der Waals surface area contributed by atoms with Crippen molar-refractivity contribution in [3.8, 4) is 22.9 Å². The summed E-state index contributed by atoms with van der Waals surface area (Å²) in [6.07, 6.45) is 3.19. The predicted molar refractivity (Wildman–Crippen MR) is 155 cm³/mol. The van der Waals surface area contributed by atoms with Crippen LogP contribution in [0.5, 0.6) is 11.6 Å². The number of hydrogen-bond acceptors (Lipinski definition) is 9. The number of nitrogens with two attached hydrogens (primary N) is 1. The van der Waals surface area contributed by atoms with Crippen LogP contribution in [0.25, 0.3) is 11.3 Å². The Hall–Kier alpha value is -3.27. The fourth-order valence-corrected chi connectivity index (χ4v) is 4.87. The highest BCUT2D eigenvalue weighted by molar-refractivity contribution is 8.05. The Labute approximate surface area is 227 Å². The van der Waals surface area contributed by atoms with Crippen molar-refractivity contribution in [2.24, 2.45) is 5.73 Å². The van der Waals surface area contributed by atoms with Gasteiger partial charge in [0.2, 0.25) is 11.8 Å². The number of allylic oxidation sites excluding steroid dienone is 1. The molecule has 1 fully saturated rings. The molecular weight excluding hydrogens is 506 g/mol. The predicted octanol–water partition coefficient (Wildman–Crippen LogP) is 5.72. The van der Waals surface area contributed by atoms with Crippen LogP contribution in [0.1, 0.15) is 18.1 Å². The Bertz CT molecular complexity index is 1290. The van der Waals surface area contributed by atoms with E-state index in [-0.39, 0.29) is 0 Å². The lowest BCUT2D eigenvalue weighted by atomic mass is 10.0. The van der Waals surface area contributed by atoms with Gasteiger partial charge in [-0.2, -0.15) is 4.98 Å². The summed E-state index contributed by atoms with van der Waals surface area (Å²) in [7, 11) is 2.13. The highest BCUT2D eigenvalue weighted by Gasteiger charge is 2.22. The van der Waals surface area contributed by atoms with Gasteiger partial charge >= 0.3 is 0 Å². The Morgan fingerprint density at radius 1 is 1.16 bits per heavy atom.